The molecule has 0 aliphatic rings. The fourth-order valence-corrected chi connectivity index (χ4v) is 4.51. The highest BCUT2D eigenvalue weighted by molar-refractivity contribution is 7.22. The van der Waals surface area contributed by atoms with E-state index in [0.29, 0.717) is 17.1 Å². The Hall–Kier alpha value is -1.61. The lowest BCUT2D eigenvalue weighted by Crippen LogP contribution is -2.33. The molecule has 1 aromatic carbocycles. The number of hydrogen-bond donors (Lipinski definition) is 0. The summed E-state index contributed by atoms with van der Waals surface area (Å²) in [6.07, 6.45) is 0.873. The Morgan fingerprint density at radius 2 is 1.89 bits per heavy atom. The highest BCUT2D eigenvalue weighted by Gasteiger charge is 2.25. The third-order valence-corrected chi connectivity index (χ3v) is 6.16. The summed E-state index contributed by atoms with van der Waals surface area (Å²) in [5.74, 6) is -0.0651. The Bertz CT molecular complexity index is 937. The summed E-state index contributed by atoms with van der Waals surface area (Å²) < 4.78 is 5.05. The molecule has 0 bridgehead atoms. The number of amides is 1. The van der Waals surface area contributed by atoms with Crippen LogP contribution in [0.1, 0.15) is 32.9 Å². The number of anilines is 1. The monoisotopic (exact) mass is 425 g/mol. The van der Waals surface area contributed by atoms with Crippen LogP contribution < -0.4 is 4.90 Å². The van der Waals surface area contributed by atoms with Crippen LogP contribution in [0.4, 0.5) is 5.13 Å². The summed E-state index contributed by atoms with van der Waals surface area (Å²) in [4.78, 5) is 22.4. The molecule has 0 atom stereocenters. The molecule has 1 amide bonds. The van der Waals surface area contributed by atoms with Crippen molar-refractivity contribution < 1.29 is 4.79 Å². The molecule has 6 nitrogen and oxygen atoms in total. The van der Waals surface area contributed by atoms with Crippen molar-refractivity contribution in [2.45, 2.75) is 27.2 Å². The minimum absolute atomic E-state index is 0. The predicted molar refractivity (Wildman–Crippen MR) is 116 cm³/mol. The minimum Gasteiger partial charge on any atom is -0.309 e. The predicted octanol–water partition coefficient (Wildman–Crippen LogP) is 4.09. The Morgan fingerprint density at radius 1 is 1.15 bits per heavy atom. The highest BCUT2D eigenvalue weighted by Crippen LogP contribution is 2.33. The maximum absolute atomic E-state index is 13.1. The van der Waals surface area contributed by atoms with Crippen molar-refractivity contribution in [3.63, 3.8) is 0 Å². The van der Waals surface area contributed by atoms with Crippen molar-refractivity contribution in [2.24, 2.45) is 0 Å². The van der Waals surface area contributed by atoms with Gasteiger partial charge in [-0.05, 0) is 76.6 Å². The van der Waals surface area contributed by atoms with Crippen molar-refractivity contribution in [1.82, 2.24) is 19.5 Å². The molecule has 0 unspecified atom stereocenters. The third-order valence-electron chi connectivity index (χ3n) is 4.12. The van der Waals surface area contributed by atoms with Gasteiger partial charge < -0.3 is 4.90 Å². The summed E-state index contributed by atoms with van der Waals surface area (Å²) >= 11 is 2.72. The van der Waals surface area contributed by atoms with Gasteiger partial charge in [-0.25, -0.2) is 4.98 Å². The average Bonchev–Trinajstić information content (AvgIpc) is 3.17. The molecule has 0 radical (unpaired) electrons. The van der Waals surface area contributed by atoms with Crippen LogP contribution in [0.2, 0.25) is 0 Å². The molecule has 0 spiro atoms. The Morgan fingerprint density at radius 3 is 2.52 bits per heavy atom. The number of fused-ring (bicyclic) bond motifs is 1. The van der Waals surface area contributed by atoms with Gasteiger partial charge in [-0.2, -0.15) is 0 Å². The van der Waals surface area contributed by atoms with Crippen LogP contribution in [-0.2, 0) is 0 Å². The van der Waals surface area contributed by atoms with E-state index in [9.17, 15) is 4.79 Å². The van der Waals surface area contributed by atoms with E-state index in [1.165, 1.54) is 11.1 Å². The molecule has 3 aromatic rings. The second kappa shape index (κ2) is 9.05. The van der Waals surface area contributed by atoms with Gasteiger partial charge in [0.25, 0.3) is 5.91 Å². The van der Waals surface area contributed by atoms with Crippen LogP contribution in [-0.4, -0.2) is 52.6 Å². The number of aryl methyl sites for hydroxylation is 3. The number of halogens is 1. The second-order valence-corrected chi connectivity index (χ2v) is 8.46. The van der Waals surface area contributed by atoms with Gasteiger partial charge in [0.15, 0.2) is 5.13 Å². The number of hydrogen-bond acceptors (Lipinski definition) is 7. The molecule has 146 valence electrons. The molecular weight excluding hydrogens is 402 g/mol. The first kappa shape index (κ1) is 21.7. The summed E-state index contributed by atoms with van der Waals surface area (Å²) in [5, 5.41) is 4.73. The van der Waals surface area contributed by atoms with Gasteiger partial charge in [-0.15, -0.1) is 17.5 Å². The molecule has 0 saturated heterocycles. The number of nitrogens with zero attached hydrogens (tertiary/aromatic N) is 5. The summed E-state index contributed by atoms with van der Waals surface area (Å²) in [5.41, 5.74) is 4.00. The largest absolute Gasteiger partial charge is 0.309 e. The highest BCUT2D eigenvalue weighted by atomic mass is 35.5. The molecule has 0 aliphatic heterocycles. The molecule has 9 heteroatoms. The maximum atomic E-state index is 13.1. The van der Waals surface area contributed by atoms with Crippen LogP contribution in [0.5, 0.6) is 0 Å². The third kappa shape index (κ3) is 4.82. The Balaban J connectivity index is 0.00000261. The zero-order valence-corrected chi connectivity index (χ0v) is 18.6. The molecular formula is C18H24ClN5OS2. The smallest absolute Gasteiger partial charge is 0.273 e. The van der Waals surface area contributed by atoms with Crippen LogP contribution in [0, 0.1) is 20.8 Å². The van der Waals surface area contributed by atoms with E-state index >= 15 is 0 Å². The lowest BCUT2D eigenvalue weighted by Gasteiger charge is -2.20. The fourth-order valence-electron chi connectivity index (χ4n) is 2.86. The maximum Gasteiger partial charge on any atom is 0.273 e. The van der Waals surface area contributed by atoms with E-state index in [1.54, 1.807) is 16.2 Å². The van der Waals surface area contributed by atoms with Crippen LogP contribution >= 0.6 is 35.3 Å². The van der Waals surface area contributed by atoms with Crippen LogP contribution in [0.3, 0.4) is 0 Å². The standard InChI is InChI=1S/C18H23N5OS2.ClH/c1-11-9-12(2)15-14(10-11)19-18(25-15)23(8-6-7-22(4)5)17(24)16-13(3)20-21-26-16;/h9-10H,6-8H2,1-5H3;1H. The van der Waals surface area contributed by atoms with Gasteiger partial charge in [0.1, 0.15) is 4.88 Å². The average molecular weight is 426 g/mol. The minimum atomic E-state index is -0.0651. The molecule has 0 saturated carbocycles. The van der Waals surface area contributed by atoms with E-state index in [0.717, 1.165) is 39.8 Å². The van der Waals surface area contributed by atoms with E-state index in [4.69, 9.17) is 4.98 Å². The Kier molecular flexibility index (Phi) is 7.27. The van der Waals surface area contributed by atoms with Crippen LogP contribution in [0.25, 0.3) is 10.2 Å². The molecule has 3 rings (SSSR count). The van der Waals surface area contributed by atoms with Crippen molar-refractivity contribution >= 4 is 56.5 Å². The molecule has 0 aliphatic carbocycles. The van der Waals surface area contributed by atoms with Crippen molar-refractivity contribution in [3.8, 4) is 0 Å². The first-order valence-corrected chi connectivity index (χ1v) is 10.1. The number of benzene rings is 1. The lowest BCUT2D eigenvalue weighted by atomic mass is 10.1. The van der Waals surface area contributed by atoms with Gasteiger partial charge in [-0.1, -0.05) is 21.9 Å². The Labute approximate surface area is 173 Å². The van der Waals surface area contributed by atoms with Crippen molar-refractivity contribution in [2.75, 3.05) is 32.1 Å². The van der Waals surface area contributed by atoms with E-state index in [1.807, 2.05) is 21.0 Å². The topological polar surface area (TPSA) is 62.2 Å². The van der Waals surface area contributed by atoms with Crippen LogP contribution in [0.15, 0.2) is 12.1 Å². The van der Waals surface area contributed by atoms with Crippen molar-refractivity contribution in [1.29, 1.82) is 0 Å². The van der Waals surface area contributed by atoms with Gasteiger partial charge in [0, 0.05) is 6.54 Å². The molecule has 0 N–H and O–H groups in total. The van der Waals surface area contributed by atoms with Gasteiger partial charge in [0.05, 0.1) is 15.9 Å². The normalized spacial score (nSPS) is 11.0. The van der Waals surface area contributed by atoms with Gasteiger partial charge >= 0.3 is 0 Å². The lowest BCUT2D eigenvalue weighted by molar-refractivity contribution is 0.0989. The number of carbonyl (C=O) groups is 1. The summed E-state index contributed by atoms with van der Waals surface area (Å²) in [6.45, 7) is 7.50. The fraction of sp³-hybridized carbons (Fsp3) is 0.444. The molecule has 2 heterocycles. The number of thiazole rings is 1. The van der Waals surface area contributed by atoms with E-state index < -0.39 is 0 Å². The van der Waals surface area contributed by atoms with Gasteiger partial charge in [-0.3, -0.25) is 9.69 Å². The van der Waals surface area contributed by atoms with E-state index in [2.05, 4.69) is 40.5 Å². The SMILES string of the molecule is Cc1cc(C)c2sc(N(CCCN(C)C)C(=O)c3snnc3C)nc2c1.Cl. The second-order valence-electron chi connectivity index (χ2n) is 6.73. The number of rotatable bonds is 6. The molecule has 2 aromatic heterocycles. The number of aromatic nitrogens is 3. The first-order chi connectivity index (χ1) is 12.4. The number of carbonyl (C=O) groups excluding carboxylic acids is 1. The molecule has 27 heavy (non-hydrogen) atoms. The van der Waals surface area contributed by atoms with E-state index in [-0.39, 0.29) is 18.3 Å². The first-order valence-electron chi connectivity index (χ1n) is 8.50. The summed E-state index contributed by atoms with van der Waals surface area (Å²) in [6, 6.07) is 4.23. The zero-order valence-electron chi connectivity index (χ0n) is 16.1. The summed E-state index contributed by atoms with van der Waals surface area (Å²) in [7, 11) is 4.07. The van der Waals surface area contributed by atoms with Crippen molar-refractivity contribution in [3.05, 3.63) is 33.8 Å². The quantitative estimate of drug-likeness (QED) is 0.595. The zero-order chi connectivity index (χ0) is 18.8. The molecule has 0 fully saturated rings. The van der Waals surface area contributed by atoms with Gasteiger partial charge in [0.2, 0.25) is 0 Å².